The average Bonchev–Trinajstić information content (AvgIpc) is 3.29. The van der Waals surface area contributed by atoms with Gasteiger partial charge in [-0.1, -0.05) is 36.4 Å². The summed E-state index contributed by atoms with van der Waals surface area (Å²) in [4.78, 5) is 14.9. The molecule has 0 spiro atoms. The van der Waals surface area contributed by atoms with Crippen molar-refractivity contribution in [3.63, 3.8) is 0 Å². The highest BCUT2D eigenvalue weighted by Crippen LogP contribution is 2.34. The van der Waals surface area contributed by atoms with E-state index in [0.717, 1.165) is 31.4 Å². The van der Waals surface area contributed by atoms with Crippen LogP contribution in [0.4, 0.5) is 0 Å². The van der Waals surface area contributed by atoms with Gasteiger partial charge in [-0.3, -0.25) is 4.79 Å². The number of tetrazole rings is 1. The molecular weight excluding hydrogens is 338 g/mol. The minimum Gasteiger partial charge on any atom is -0.339 e. The highest BCUT2D eigenvalue weighted by molar-refractivity contribution is 5.94. The monoisotopic (exact) mass is 361 g/mol. The summed E-state index contributed by atoms with van der Waals surface area (Å²) in [5.74, 6) is 0.655. The van der Waals surface area contributed by atoms with Crippen LogP contribution in [0.25, 0.3) is 5.69 Å². The van der Waals surface area contributed by atoms with Gasteiger partial charge in [0.1, 0.15) is 6.33 Å². The van der Waals surface area contributed by atoms with Gasteiger partial charge in [0.15, 0.2) is 0 Å². The van der Waals surface area contributed by atoms with Gasteiger partial charge in [0.25, 0.3) is 5.91 Å². The topological polar surface area (TPSA) is 63.9 Å². The summed E-state index contributed by atoms with van der Waals surface area (Å²) in [7, 11) is 1.92. The molecule has 1 amide bonds. The maximum Gasteiger partial charge on any atom is 0.253 e. The summed E-state index contributed by atoms with van der Waals surface area (Å²) in [6.07, 6.45) is 5.84. The second-order valence-electron chi connectivity index (χ2n) is 7.14. The number of amides is 1. The molecule has 1 saturated carbocycles. The Morgan fingerprint density at radius 1 is 1.04 bits per heavy atom. The van der Waals surface area contributed by atoms with Crippen molar-refractivity contribution in [1.82, 2.24) is 25.1 Å². The first kappa shape index (κ1) is 17.4. The predicted molar refractivity (Wildman–Crippen MR) is 103 cm³/mol. The van der Waals surface area contributed by atoms with Crippen molar-refractivity contribution in [1.29, 1.82) is 0 Å². The molecule has 27 heavy (non-hydrogen) atoms. The Kier molecular flexibility index (Phi) is 4.96. The summed E-state index contributed by atoms with van der Waals surface area (Å²) < 4.78 is 1.56. The maximum atomic E-state index is 13.0. The van der Waals surface area contributed by atoms with Crippen LogP contribution in [-0.4, -0.2) is 44.1 Å². The summed E-state index contributed by atoms with van der Waals surface area (Å²) in [5, 5.41) is 11.2. The molecular formula is C21H23N5O. The van der Waals surface area contributed by atoms with Crippen LogP contribution in [-0.2, 0) is 0 Å². The van der Waals surface area contributed by atoms with Crippen LogP contribution in [0.15, 0.2) is 60.9 Å². The molecule has 1 fully saturated rings. The van der Waals surface area contributed by atoms with Crippen molar-refractivity contribution in [2.45, 2.75) is 37.6 Å². The molecule has 0 atom stereocenters. The zero-order chi connectivity index (χ0) is 18.6. The molecule has 0 N–H and O–H groups in total. The van der Waals surface area contributed by atoms with E-state index in [1.54, 1.807) is 4.68 Å². The maximum absolute atomic E-state index is 13.0. The third-order valence-electron chi connectivity index (χ3n) is 5.54. The fraction of sp³-hybridized carbons (Fsp3) is 0.333. The summed E-state index contributed by atoms with van der Waals surface area (Å²) in [5.41, 5.74) is 2.86. The van der Waals surface area contributed by atoms with E-state index in [9.17, 15) is 4.79 Å². The van der Waals surface area contributed by atoms with Gasteiger partial charge < -0.3 is 4.90 Å². The zero-order valence-electron chi connectivity index (χ0n) is 15.4. The molecule has 0 saturated heterocycles. The molecule has 6 nitrogen and oxygen atoms in total. The minimum absolute atomic E-state index is 0.0492. The fourth-order valence-electron chi connectivity index (χ4n) is 3.95. The Labute approximate surface area is 158 Å². The number of benzene rings is 2. The smallest absolute Gasteiger partial charge is 0.253 e. The van der Waals surface area contributed by atoms with Crippen LogP contribution in [0.5, 0.6) is 0 Å². The van der Waals surface area contributed by atoms with Crippen LogP contribution >= 0.6 is 0 Å². The van der Waals surface area contributed by atoms with Crippen molar-refractivity contribution in [2.24, 2.45) is 0 Å². The van der Waals surface area contributed by atoms with E-state index >= 15 is 0 Å². The second kappa shape index (κ2) is 7.70. The highest BCUT2D eigenvalue weighted by Gasteiger charge is 2.27. The lowest BCUT2D eigenvalue weighted by molar-refractivity contribution is 0.0689. The van der Waals surface area contributed by atoms with E-state index in [1.807, 2.05) is 36.2 Å². The molecule has 1 aliphatic carbocycles. The lowest BCUT2D eigenvalue weighted by Gasteiger charge is -2.35. The zero-order valence-corrected chi connectivity index (χ0v) is 15.4. The van der Waals surface area contributed by atoms with E-state index in [2.05, 4.69) is 45.9 Å². The van der Waals surface area contributed by atoms with Crippen LogP contribution in [0.2, 0.25) is 0 Å². The number of carbonyl (C=O) groups excluding carboxylic acids is 1. The van der Waals surface area contributed by atoms with Crippen molar-refractivity contribution >= 4 is 5.91 Å². The van der Waals surface area contributed by atoms with E-state index in [1.165, 1.54) is 11.9 Å². The first-order valence-electron chi connectivity index (χ1n) is 9.38. The first-order valence-corrected chi connectivity index (χ1v) is 9.38. The largest absolute Gasteiger partial charge is 0.339 e. The van der Waals surface area contributed by atoms with Crippen LogP contribution in [0, 0.1) is 0 Å². The highest BCUT2D eigenvalue weighted by atomic mass is 16.2. The quantitative estimate of drug-likeness (QED) is 0.714. The van der Waals surface area contributed by atoms with E-state index in [-0.39, 0.29) is 11.9 Å². The third kappa shape index (κ3) is 3.74. The van der Waals surface area contributed by atoms with Gasteiger partial charge in [-0.2, -0.15) is 0 Å². The molecule has 1 aromatic heterocycles. The first-order chi connectivity index (χ1) is 13.2. The molecule has 1 heterocycles. The standard InChI is InChI=1S/C21H23N5O/c1-25(19-12-10-17(11-13-19)16-6-3-2-4-7-16)21(27)18-8-5-9-20(14-18)26-15-22-23-24-26/h2-9,14-15,17,19H,10-13H2,1H3. The van der Waals surface area contributed by atoms with E-state index < -0.39 is 0 Å². The number of hydrogen-bond acceptors (Lipinski definition) is 4. The average molecular weight is 361 g/mol. The summed E-state index contributed by atoms with van der Waals surface area (Å²) in [6.45, 7) is 0. The number of hydrogen-bond donors (Lipinski definition) is 0. The third-order valence-corrected chi connectivity index (χ3v) is 5.54. The van der Waals surface area contributed by atoms with Gasteiger partial charge in [0, 0.05) is 18.7 Å². The molecule has 1 aliphatic rings. The predicted octanol–water partition coefficient (Wildman–Crippen LogP) is 3.46. The Bertz CT molecular complexity index is 886. The summed E-state index contributed by atoms with van der Waals surface area (Å²) >= 11 is 0. The Balaban J connectivity index is 1.42. The van der Waals surface area contributed by atoms with Crippen LogP contribution < -0.4 is 0 Å². The number of aromatic nitrogens is 4. The van der Waals surface area contributed by atoms with Crippen LogP contribution in [0.3, 0.4) is 0 Å². The minimum atomic E-state index is 0.0492. The van der Waals surface area contributed by atoms with E-state index in [4.69, 9.17) is 0 Å². The molecule has 0 unspecified atom stereocenters. The van der Waals surface area contributed by atoms with Crippen molar-refractivity contribution in [2.75, 3.05) is 7.05 Å². The second-order valence-corrected chi connectivity index (χ2v) is 7.14. The van der Waals surface area contributed by atoms with Crippen molar-refractivity contribution in [3.05, 3.63) is 72.1 Å². The molecule has 138 valence electrons. The molecule has 0 bridgehead atoms. The SMILES string of the molecule is CN(C(=O)c1cccc(-n2cnnn2)c1)C1CCC(c2ccccc2)CC1. The molecule has 2 aromatic carbocycles. The van der Waals surface area contributed by atoms with Gasteiger partial charge in [-0.05, 0) is 65.8 Å². The number of rotatable bonds is 4. The molecule has 0 radical (unpaired) electrons. The van der Waals surface area contributed by atoms with Gasteiger partial charge in [0.05, 0.1) is 5.69 Å². The lowest BCUT2D eigenvalue weighted by atomic mass is 9.81. The van der Waals surface area contributed by atoms with E-state index in [0.29, 0.717) is 11.5 Å². The molecule has 0 aliphatic heterocycles. The number of nitrogens with zero attached hydrogens (tertiary/aromatic N) is 5. The van der Waals surface area contributed by atoms with Gasteiger partial charge in [-0.25, -0.2) is 4.68 Å². The Morgan fingerprint density at radius 3 is 2.52 bits per heavy atom. The fourth-order valence-corrected chi connectivity index (χ4v) is 3.95. The molecule has 3 aromatic rings. The lowest BCUT2D eigenvalue weighted by Crippen LogP contribution is -2.39. The Morgan fingerprint density at radius 2 is 1.81 bits per heavy atom. The van der Waals surface area contributed by atoms with Gasteiger partial charge >= 0.3 is 0 Å². The van der Waals surface area contributed by atoms with Crippen LogP contribution in [0.1, 0.15) is 47.5 Å². The number of carbonyl (C=O) groups is 1. The molecule has 6 heteroatoms. The normalized spacial score (nSPS) is 19.6. The summed E-state index contributed by atoms with van der Waals surface area (Å²) in [6, 6.07) is 18.4. The van der Waals surface area contributed by atoms with Crippen molar-refractivity contribution in [3.8, 4) is 5.69 Å². The molecule has 4 rings (SSSR count). The van der Waals surface area contributed by atoms with Gasteiger partial charge in [0.2, 0.25) is 0 Å². The van der Waals surface area contributed by atoms with Crippen molar-refractivity contribution < 1.29 is 4.79 Å². The Hall–Kier alpha value is -3.02. The van der Waals surface area contributed by atoms with Gasteiger partial charge in [-0.15, -0.1) is 5.10 Å².